The minimum atomic E-state index is -0.956. The van der Waals surface area contributed by atoms with E-state index in [0.29, 0.717) is 29.9 Å². The number of hydrogen-bond donors (Lipinski definition) is 4. The van der Waals surface area contributed by atoms with E-state index in [-0.39, 0.29) is 17.8 Å². The van der Waals surface area contributed by atoms with E-state index in [9.17, 15) is 23.8 Å². The quantitative estimate of drug-likeness (QED) is 0.581. The van der Waals surface area contributed by atoms with E-state index < -0.39 is 41.8 Å². The number of carbonyl (C=O) groups excluding carboxylic acids is 1. The average Bonchev–Trinajstić information content (AvgIpc) is 3.29. The van der Waals surface area contributed by atoms with Gasteiger partial charge in [-0.3, -0.25) is 9.79 Å². The number of aliphatic imine (C=N–C) groups is 1. The van der Waals surface area contributed by atoms with Crippen LogP contribution >= 0.6 is 0 Å². The molecule has 1 aromatic carbocycles. The predicted molar refractivity (Wildman–Crippen MR) is 104 cm³/mol. The highest BCUT2D eigenvalue weighted by atomic mass is 19.1. The second-order valence-electron chi connectivity index (χ2n) is 7.46. The molecule has 1 amide bonds. The molecule has 2 aromatic rings. The van der Waals surface area contributed by atoms with Crippen LogP contribution in [0.1, 0.15) is 42.6 Å². The summed E-state index contributed by atoms with van der Waals surface area (Å²) in [6.45, 7) is 1.72. The fourth-order valence-corrected chi connectivity index (χ4v) is 3.80. The average molecular weight is 417 g/mol. The molecule has 0 radical (unpaired) electrons. The van der Waals surface area contributed by atoms with E-state index in [4.69, 9.17) is 0 Å². The van der Waals surface area contributed by atoms with E-state index in [1.165, 1.54) is 6.33 Å². The Morgan fingerprint density at radius 1 is 1.23 bits per heavy atom. The maximum absolute atomic E-state index is 14.0. The Bertz CT molecular complexity index is 1020. The number of aliphatic hydroxyl groups is 2. The lowest BCUT2D eigenvalue weighted by Crippen LogP contribution is -2.36. The molecule has 0 spiro atoms. The number of rotatable bonds is 5. The van der Waals surface area contributed by atoms with Crippen molar-refractivity contribution in [2.24, 2.45) is 4.99 Å². The monoisotopic (exact) mass is 417 g/mol. The van der Waals surface area contributed by atoms with Crippen LogP contribution in [-0.4, -0.2) is 50.0 Å². The number of anilines is 1. The maximum Gasteiger partial charge on any atom is 0.270 e. The van der Waals surface area contributed by atoms with Gasteiger partial charge in [0.05, 0.1) is 42.1 Å². The molecule has 1 fully saturated rings. The lowest BCUT2D eigenvalue weighted by atomic mass is 10.1. The number of carbonyl (C=O) groups is 1. The summed E-state index contributed by atoms with van der Waals surface area (Å²) in [6, 6.07) is 1.83. The molecule has 4 rings (SSSR count). The van der Waals surface area contributed by atoms with E-state index in [2.05, 4.69) is 25.6 Å². The number of aromatic nitrogens is 2. The third kappa shape index (κ3) is 3.75. The molecule has 0 saturated heterocycles. The van der Waals surface area contributed by atoms with Gasteiger partial charge in [0.15, 0.2) is 0 Å². The highest BCUT2D eigenvalue weighted by molar-refractivity contribution is 6.47. The van der Waals surface area contributed by atoms with Crippen LogP contribution in [0.2, 0.25) is 0 Å². The standard InChI is InChI=1S/C20H21F2N5O3/c1-9(11-6-10(21)2-3-12(11)22)26-20(30)17-16-14(7-23-17)24-8-25-19(16)27-13-4-5-15(28)18(13)29/h2-3,6,8-9,13,15,18,28-29H,4-5,7H2,1H3,(H,26,30)(H,24,25,27)/t9-,13-,15+,18-/m1/s1. The molecule has 158 valence electrons. The van der Waals surface area contributed by atoms with Crippen LogP contribution in [0, 0.1) is 11.6 Å². The van der Waals surface area contributed by atoms with Crippen molar-refractivity contribution in [3.05, 3.63) is 53.0 Å². The molecule has 1 aromatic heterocycles. The van der Waals surface area contributed by atoms with Gasteiger partial charge in [-0.25, -0.2) is 18.7 Å². The summed E-state index contributed by atoms with van der Waals surface area (Å²) in [7, 11) is 0. The molecule has 10 heteroatoms. The molecule has 0 bridgehead atoms. The number of aliphatic hydroxyl groups excluding tert-OH is 2. The van der Waals surface area contributed by atoms with Gasteiger partial charge in [-0.05, 0) is 38.0 Å². The van der Waals surface area contributed by atoms with Gasteiger partial charge < -0.3 is 20.8 Å². The molecule has 30 heavy (non-hydrogen) atoms. The zero-order valence-electron chi connectivity index (χ0n) is 16.1. The van der Waals surface area contributed by atoms with Gasteiger partial charge in [-0.2, -0.15) is 0 Å². The number of fused-ring (bicyclic) bond motifs is 1. The van der Waals surface area contributed by atoms with Crippen molar-refractivity contribution in [3.8, 4) is 0 Å². The third-order valence-corrected chi connectivity index (χ3v) is 5.44. The summed E-state index contributed by atoms with van der Waals surface area (Å²) in [4.78, 5) is 25.4. The number of nitrogens with one attached hydrogen (secondary N) is 2. The zero-order valence-corrected chi connectivity index (χ0v) is 16.1. The number of nitrogens with zero attached hydrogens (tertiary/aromatic N) is 3. The SMILES string of the molecule is C[C@@H](NC(=O)C1=NCc2ncnc(N[C@@H]3CC[C@H](O)[C@@H]3O)c21)c1cc(F)ccc1F. The van der Waals surface area contributed by atoms with Crippen molar-refractivity contribution in [3.63, 3.8) is 0 Å². The first-order valence-corrected chi connectivity index (χ1v) is 9.62. The van der Waals surface area contributed by atoms with Crippen LogP contribution in [0.5, 0.6) is 0 Å². The number of benzene rings is 1. The summed E-state index contributed by atoms with van der Waals surface area (Å²) in [6.07, 6.45) is 0.540. The summed E-state index contributed by atoms with van der Waals surface area (Å²) >= 11 is 0. The van der Waals surface area contributed by atoms with Crippen LogP contribution in [-0.2, 0) is 11.3 Å². The predicted octanol–water partition coefficient (Wildman–Crippen LogP) is 1.23. The first-order valence-electron chi connectivity index (χ1n) is 9.62. The molecule has 1 aliphatic heterocycles. The molecule has 8 nitrogen and oxygen atoms in total. The van der Waals surface area contributed by atoms with Crippen LogP contribution in [0.3, 0.4) is 0 Å². The molecule has 4 N–H and O–H groups in total. The molecular formula is C20H21F2N5O3. The number of hydrogen-bond acceptors (Lipinski definition) is 7. The van der Waals surface area contributed by atoms with Gasteiger partial charge >= 0.3 is 0 Å². The Labute approximate surface area is 171 Å². The molecular weight excluding hydrogens is 396 g/mol. The van der Waals surface area contributed by atoms with Crippen LogP contribution < -0.4 is 10.6 Å². The third-order valence-electron chi connectivity index (χ3n) is 5.44. The molecule has 2 heterocycles. The second kappa shape index (κ2) is 8.04. The van der Waals surface area contributed by atoms with Crippen molar-refractivity contribution in [2.75, 3.05) is 5.32 Å². The Balaban J connectivity index is 1.55. The first-order chi connectivity index (χ1) is 14.3. The fraction of sp³-hybridized carbons (Fsp3) is 0.400. The number of halogens is 2. The van der Waals surface area contributed by atoms with E-state index in [0.717, 1.165) is 18.2 Å². The first kappa shape index (κ1) is 20.3. The number of amides is 1. The normalized spacial score (nSPS) is 23.6. The molecule has 4 atom stereocenters. The summed E-state index contributed by atoms with van der Waals surface area (Å²) in [5.74, 6) is -1.48. The van der Waals surface area contributed by atoms with Gasteiger partial charge in [0.1, 0.15) is 29.5 Å². The van der Waals surface area contributed by atoms with Crippen molar-refractivity contribution in [1.82, 2.24) is 15.3 Å². The smallest absolute Gasteiger partial charge is 0.270 e. The van der Waals surface area contributed by atoms with E-state index in [1.54, 1.807) is 6.92 Å². The topological polar surface area (TPSA) is 120 Å². The van der Waals surface area contributed by atoms with Gasteiger partial charge in [0, 0.05) is 5.56 Å². The highest BCUT2D eigenvalue weighted by Crippen LogP contribution is 2.28. The van der Waals surface area contributed by atoms with Crippen LogP contribution in [0.4, 0.5) is 14.6 Å². The Kier molecular flexibility index (Phi) is 5.44. The largest absolute Gasteiger partial charge is 0.390 e. The zero-order chi connectivity index (χ0) is 21.4. The molecule has 1 aliphatic carbocycles. The van der Waals surface area contributed by atoms with Crippen molar-refractivity contribution in [2.45, 2.75) is 50.6 Å². The summed E-state index contributed by atoms with van der Waals surface area (Å²) in [5.41, 5.74) is 1.03. The van der Waals surface area contributed by atoms with E-state index >= 15 is 0 Å². The molecule has 0 unspecified atom stereocenters. The maximum atomic E-state index is 14.0. The van der Waals surface area contributed by atoms with Gasteiger partial charge in [-0.15, -0.1) is 0 Å². The minimum absolute atomic E-state index is 0.0212. The lowest BCUT2D eigenvalue weighted by Gasteiger charge is -2.20. The van der Waals surface area contributed by atoms with Crippen molar-refractivity contribution >= 4 is 17.4 Å². The highest BCUT2D eigenvalue weighted by Gasteiger charge is 2.35. The second-order valence-corrected chi connectivity index (χ2v) is 7.46. The lowest BCUT2D eigenvalue weighted by molar-refractivity contribution is -0.115. The Hall–Kier alpha value is -2.98. The van der Waals surface area contributed by atoms with Gasteiger partial charge in [-0.1, -0.05) is 0 Å². The van der Waals surface area contributed by atoms with Crippen molar-refractivity contribution < 1.29 is 23.8 Å². The molecule has 2 aliphatic rings. The summed E-state index contributed by atoms with van der Waals surface area (Å²) < 4.78 is 27.5. The van der Waals surface area contributed by atoms with Crippen LogP contribution in [0.15, 0.2) is 29.5 Å². The van der Waals surface area contributed by atoms with Crippen LogP contribution in [0.25, 0.3) is 0 Å². The summed E-state index contributed by atoms with van der Waals surface area (Å²) in [5, 5.41) is 25.6. The van der Waals surface area contributed by atoms with E-state index in [1.807, 2.05) is 0 Å². The van der Waals surface area contributed by atoms with Gasteiger partial charge in [0.2, 0.25) is 0 Å². The van der Waals surface area contributed by atoms with Crippen molar-refractivity contribution in [1.29, 1.82) is 0 Å². The Morgan fingerprint density at radius 3 is 2.77 bits per heavy atom. The molecule has 1 saturated carbocycles. The fourth-order valence-electron chi connectivity index (χ4n) is 3.80. The van der Waals surface area contributed by atoms with Gasteiger partial charge in [0.25, 0.3) is 5.91 Å². The minimum Gasteiger partial charge on any atom is -0.390 e. The Morgan fingerprint density at radius 2 is 2.03 bits per heavy atom.